The van der Waals surface area contributed by atoms with Crippen molar-refractivity contribution in [1.29, 1.82) is 0 Å². The van der Waals surface area contributed by atoms with E-state index >= 15 is 0 Å². The van der Waals surface area contributed by atoms with E-state index in [4.69, 9.17) is 4.74 Å². The molecule has 2 rings (SSSR count). The van der Waals surface area contributed by atoms with Crippen LogP contribution in [0.1, 0.15) is 31.1 Å². The molecule has 1 atom stereocenters. The topological polar surface area (TPSA) is 62.8 Å². The van der Waals surface area contributed by atoms with Gasteiger partial charge >= 0.3 is 0 Å². The number of aromatic nitrogens is 3. The van der Waals surface area contributed by atoms with Gasteiger partial charge in [-0.3, -0.25) is 5.10 Å². The molecule has 0 bridgehead atoms. The molecule has 78 valence electrons. The number of ether oxygens (including phenoxy) is 1. The summed E-state index contributed by atoms with van der Waals surface area (Å²) in [5.74, 6) is 1.73. The summed E-state index contributed by atoms with van der Waals surface area (Å²) in [6.45, 7) is 4.59. The van der Waals surface area contributed by atoms with Crippen LogP contribution in [0.15, 0.2) is 0 Å². The fourth-order valence-electron chi connectivity index (χ4n) is 1.53. The summed E-state index contributed by atoms with van der Waals surface area (Å²) in [6, 6.07) is 0. The maximum atomic E-state index is 5.55. The van der Waals surface area contributed by atoms with Gasteiger partial charge in [0.2, 0.25) is 0 Å². The highest BCUT2D eigenvalue weighted by atomic mass is 16.5. The lowest BCUT2D eigenvalue weighted by Crippen LogP contribution is -2.33. The van der Waals surface area contributed by atoms with Crippen molar-refractivity contribution in [2.24, 2.45) is 0 Å². The Morgan fingerprint density at radius 3 is 3.21 bits per heavy atom. The fourth-order valence-corrected chi connectivity index (χ4v) is 1.53. The number of H-pyrrole nitrogens is 1. The van der Waals surface area contributed by atoms with E-state index in [2.05, 4.69) is 27.4 Å². The molecule has 0 radical (unpaired) electrons. The summed E-state index contributed by atoms with van der Waals surface area (Å²) >= 11 is 0. The molecule has 1 unspecified atom stereocenters. The van der Waals surface area contributed by atoms with Crippen LogP contribution in [0.2, 0.25) is 0 Å². The lowest BCUT2D eigenvalue weighted by atomic mass is 10.3. The van der Waals surface area contributed by atoms with Crippen LogP contribution in [0.5, 0.6) is 0 Å². The third-order valence-electron chi connectivity index (χ3n) is 2.25. The molecule has 0 aromatic carbocycles. The zero-order valence-electron chi connectivity index (χ0n) is 8.42. The third-order valence-corrected chi connectivity index (χ3v) is 2.25. The molecule has 1 aromatic rings. The van der Waals surface area contributed by atoms with Gasteiger partial charge < -0.3 is 10.1 Å². The molecule has 0 saturated carbocycles. The van der Waals surface area contributed by atoms with Crippen molar-refractivity contribution >= 4 is 0 Å². The minimum Gasteiger partial charge on any atom is -0.367 e. The Hall–Kier alpha value is -0.940. The highest BCUT2D eigenvalue weighted by molar-refractivity contribution is 4.96. The Morgan fingerprint density at radius 2 is 2.50 bits per heavy atom. The highest BCUT2D eigenvalue weighted by Crippen LogP contribution is 2.14. The van der Waals surface area contributed by atoms with Crippen molar-refractivity contribution in [2.75, 3.05) is 19.7 Å². The molecule has 2 heterocycles. The van der Waals surface area contributed by atoms with Crippen LogP contribution < -0.4 is 5.32 Å². The zero-order chi connectivity index (χ0) is 9.80. The molecule has 2 N–H and O–H groups in total. The van der Waals surface area contributed by atoms with Gasteiger partial charge in [0.05, 0.1) is 6.61 Å². The molecular formula is C9H16N4O. The number of aryl methyl sites for hydroxylation is 1. The average molecular weight is 196 g/mol. The Labute approximate surface area is 83.3 Å². The van der Waals surface area contributed by atoms with Crippen molar-refractivity contribution in [3.8, 4) is 0 Å². The van der Waals surface area contributed by atoms with Gasteiger partial charge in [-0.05, 0) is 6.42 Å². The van der Waals surface area contributed by atoms with Gasteiger partial charge in [-0.2, -0.15) is 5.10 Å². The number of nitrogens with zero attached hydrogens (tertiary/aromatic N) is 2. The molecule has 1 aliphatic rings. The van der Waals surface area contributed by atoms with Crippen LogP contribution in [0.3, 0.4) is 0 Å². The van der Waals surface area contributed by atoms with E-state index in [-0.39, 0.29) is 6.10 Å². The standard InChI is InChI=1S/C9H16N4O/c1-2-3-8-11-9(13-12-8)7-6-10-4-5-14-7/h7,10H,2-6H2,1H3,(H,11,12,13). The van der Waals surface area contributed by atoms with Crippen LogP contribution >= 0.6 is 0 Å². The van der Waals surface area contributed by atoms with E-state index in [1.165, 1.54) is 0 Å². The molecule has 1 aromatic heterocycles. The molecule has 5 nitrogen and oxygen atoms in total. The maximum Gasteiger partial charge on any atom is 0.180 e. The molecular weight excluding hydrogens is 180 g/mol. The van der Waals surface area contributed by atoms with Crippen LogP contribution in [-0.2, 0) is 11.2 Å². The minimum absolute atomic E-state index is 0.0191. The molecule has 5 heteroatoms. The van der Waals surface area contributed by atoms with Gasteiger partial charge in [0.15, 0.2) is 5.82 Å². The van der Waals surface area contributed by atoms with Crippen molar-refractivity contribution in [3.05, 3.63) is 11.6 Å². The number of rotatable bonds is 3. The lowest BCUT2D eigenvalue weighted by Gasteiger charge is -2.20. The van der Waals surface area contributed by atoms with E-state index in [9.17, 15) is 0 Å². The lowest BCUT2D eigenvalue weighted by molar-refractivity contribution is 0.0223. The van der Waals surface area contributed by atoms with Crippen LogP contribution in [0, 0.1) is 0 Å². The molecule has 1 fully saturated rings. The number of morpholine rings is 1. The van der Waals surface area contributed by atoms with E-state index < -0.39 is 0 Å². The predicted octanol–water partition coefficient (Wildman–Crippen LogP) is 0.418. The number of aromatic amines is 1. The first kappa shape index (κ1) is 9.61. The second kappa shape index (κ2) is 4.52. The summed E-state index contributed by atoms with van der Waals surface area (Å²) < 4.78 is 5.55. The number of nitrogens with one attached hydrogen (secondary N) is 2. The largest absolute Gasteiger partial charge is 0.367 e. The molecule has 0 spiro atoms. The monoisotopic (exact) mass is 196 g/mol. The van der Waals surface area contributed by atoms with Gasteiger partial charge in [-0.25, -0.2) is 4.98 Å². The maximum absolute atomic E-state index is 5.55. The minimum atomic E-state index is 0.0191. The molecule has 0 aliphatic carbocycles. The highest BCUT2D eigenvalue weighted by Gasteiger charge is 2.19. The Bertz CT molecular complexity index is 280. The molecule has 1 saturated heterocycles. The third kappa shape index (κ3) is 2.10. The second-order valence-corrected chi connectivity index (χ2v) is 3.45. The van der Waals surface area contributed by atoms with Crippen molar-refractivity contribution in [3.63, 3.8) is 0 Å². The SMILES string of the molecule is CCCc1nc(C2CNCCO2)n[nH]1. The van der Waals surface area contributed by atoms with E-state index in [1.54, 1.807) is 0 Å². The molecule has 14 heavy (non-hydrogen) atoms. The van der Waals surface area contributed by atoms with Crippen LogP contribution in [0.25, 0.3) is 0 Å². The summed E-state index contributed by atoms with van der Waals surface area (Å²) in [5.41, 5.74) is 0. The normalized spacial score (nSPS) is 22.5. The Morgan fingerprint density at radius 1 is 1.57 bits per heavy atom. The molecule has 0 amide bonds. The van der Waals surface area contributed by atoms with Gasteiger partial charge in [-0.1, -0.05) is 6.92 Å². The summed E-state index contributed by atoms with van der Waals surface area (Å²) in [7, 11) is 0. The zero-order valence-corrected chi connectivity index (χ0v) is 8.42. The smallest absolute Gasteiger partial charge is 0.180 e. The van der Waals surface area contributed by atoms with E-state index in [1.807, 2.05) is 0 Å². The number of hydrogen-bond donors (Lipinski definition) is 2. The summed E-state index contributed by atoms with van der Waals surface area (Å²) in [6.07, 6.45) is 2.05. The predicted molar refractivity (Wildman–Crippen MR) is 51.9 cm³/mol. The summed E-state index contributed by atoms with van der Waals surface area (Å²) in [4.78, 5) is 4.39. The first-order valence-electron chi connectivity index (χ1n) is 5.13. The Kier molecular flexibility index (Phi) is 3.10. The first-order valence-corrected chi connectivity index (χ1v) is 5.13. The Balaban J connectivity index is 2.00. The average Bonchev–Trinajstić information content (AvgIpc) is 2.68. The van der Waals surface area contributed by atoms with Crippen LogP contribution in [0.4, 0.5) is 0 Å². The van der Waals surface area contributed by atoms with Crippen molar-refractivity contribution < 1.29 is 4.74 Å². The van der Waals surface area contributed by atoms with Gasteiger partial charge in [-0.15, -0.1) is 0 Å². The summed E-state index contributed by atoms with van der Waals surface area (Å²) in [5, 5.41) is 10.3. The quantitative estimate of drug-likeness (QED) is 0.735. The van der Waals surface area contributed by atoms with Gasteiger partial charge in [0.1, 0.15) is 11.9 Å². The molecule has 1 aliphatic heterocycles. The van der Waals surface area contributed by atoms with Crippen molar-refractivity contribution in [1.82, 2.24) is 20.5 Å². The van der Waals surface area contributed by atoms with Crippen molar-refractivity contribution in [2.45, 2.75) is 25.9 Å². The van der Waals surface area contributed by atoms with E-state index in [0.717, 1.165) is 44.2 Å². The van der Waals surface area contributed by atoms with E-state index in [0.29, 0.717) is 0 Å². The van der Waals surface area contributed by atoms with Crippen LogP contribution in [-0.4, -0.2) is 34.9 Å². The van der Waals surface area contributed by atoms with Gasteiger partial charge in [0.25, 0.3) is 0 Å². The second-order valence-electron chi connectivity index (χ2n) is 3.45. The van der Waals surface area contributed by atoms with Gasteiger partial charge in [0, 0.05) is 19.5 Å². The first-order chi connectivity index (χ1) is 6.90. The number of hydrogen-bond acceptors (Lipinski definition) is 4. The fraction of sp³-hybridized carbons (Fsp3) is 0.778.